The van der Waals surface area contributed by atoms with Crippen LogP contribution in [0, 0.1) is 5.92 Å². The molecule has 2 aliphatic heterocycles. The summed E-state index contributed by atoms with van der Waals surface area (Å²) in [6, 6.07) is 10.4. The molecule has 0 spiro atoms. The molecule has 2 aliphatic rings. The van der Waals surface area contributed by atoms with Crippen LogP contribution in [0.3, 0.4) is 0 Å². The number of likely N-dealkylation sites (tertiary alicyclic amines) is 2. The molecule has 1 aromatic rings. The Kier molecular flexibility index (Phi) is 7.29. The number of piperidine rings is 2. The van der Waals surface area contributed by atoms with E-state index in [1.807, 2.05) is 6.07 Å². The summed E-state index contributed by atoms with van der Waals surface area (Å²) in [5.74, 6) is 0.850. The van der Waals surface area contributed by atoms with Gasteiger partial charge in [-0.2, -0.15) is 0 Å². The summed E-state index contributed by atoms with van der Waals surface area (Å²) in [5.41, 5.74) is 1.25. The minimum Gasteiger partial charge on any atom is -0.390 e. The molecular weight excluding hydrogens is 312 g/mol. The highest BCUT2D eigenvalue weighted by Gasteiger charge is 2.23. The summed E-state index contributed by atoms with van der Waals surface area (Å²) >= 11 is 0. The van der Waals surface area contributed by atoms with Crippen molar-refractivity contribution in [2.24, 2.45) is 5.92 Å². The fraction of sp³-hybridized carbons (Fsp3) is 0.714. The first-order valence-electron chi connectivity index (χ1n) is 9.97. The normalized spacial score (nSPS) is 23.0. The van der Waals surface area contributed by atoms with E-state index in [9.17, 15) is 5.11 Å². The van der Waals surface area contributed by atoms with Gasteiger partial charge in [0.05, 0.1) is 18.8 Å². The average molecular weight is 347 g/mol. The lowest BCUT2D eigenvalue weighted by atomic mass is 9.99. The van der Waals surface area contributed by atoms with E-state index < -0.39 is 0 Å². The van der Waals surface area contributed by atoms with E-state index in [1.54, 1.807) is 0 Å². The highest BCUT2D eigenvalue weighted by Crippen LogP contribution is 2.18. The zero-order valence-electron chi connectivity index (χ0n) is 15.6. The summed E-state index contributed by atoms with van der Waals surface area (Å²) < 4.78 is 6.06. The summed E-state index contributed by atoms with van der Waals surface area (Å²) in [6.45, 7) is 9.04. The molecule has 0 aromatic heterocycles. The maximum atomic E-state index is 10.4. The van der Waals surface area contributed by atoms with Crippen LogP contribution in [0.4, 0.5) is 0 Å². The van der Waals surface area contributed by atoms with E-state index >= 15 is 0 Å². The van der Waals surface area contributed by atoms with Crippen molar-refractivity contribution in [1.82, 2.24) is 9.80 Å². The Bertz CT molecular complexity index is 480. The lowest BCUT2D eigenvalue weighted by Crippen LogP contribution is -2.45. The summed E-state index contributed by atoms with van der Waals surface area (Å²) in [7, 11) is 0. The predicted octanol–water partition coefficient (Wildman–Crippen LogP) is 2.76. The van der Waals surface area contributed by atoms with Crippen LogP contribution < -0.4 is 0 Å². The smallest absolute Gasteiger partial charge is 0.0793 e. The Labute approximate surface area is 152 Å². The van der Waals surface area contributed by atoms with Gasteiger partial charge in [-0.25, -0.2) is 0 Å². The second kappa shape index (κ2) is 9.67. The Morgan fingerprint density at radius 2 is 1.52 bits per heavy atom. The van der Waals surface area contributed by atoms with Crippen molar-refractivity contribution in [2.75, 3.05) is 39.3 Å². The number of hydrogen-bond donors (Lipinski definition) is 1. The highest BCUT2D eigenvalue weighted by atomic mass is 16.5. The molecule has 2 fully saturated rings. The van der Waals surface area contributed by atoms with Crippen LogP contribution in [-0.4, -0.2) is 66.4 Å². The molecule has 2 heterocycles. The monoisotopic (exact) mass is 346 g/mol. The Hall–Kier alpha value is -0.940. The first kappa shape index (κ1) is 18.8. The molecule has 0 amide bonds. The number of hydrogen-bond acceptors (Lipinski definition) is 4. The third-order valence-electron chi connectivity index (χ3n) is 5.68. The Morgan fingerprint density at radius 3 is 2.12 bits per heavy atom. The molecule has 0 saturated carbocycles. The predicted molar refractivity (Wildman–Crippen MR) is 102 cm³/mol. The average Bonchev–Trinajstić information content (AvgIpc) is 2.64. The van der Waals surface area contributed by atoms with Gasteiger partial charge in [0, 0.05) is 26.2 Å². The van der Waals surface area contributed by atoms with E-state index in [2.05, 4.69) is 41.0 Å². The molecule has 140 valence electrons. The molecule has 1 N–H and O–H groups in total. The fourth-order valence-corrected chi connectivity index (χ4v) is 3.95. The van der Waals surface area contributed by atoms with Gasteiger partial charge in [-0.05, 0) is 50.3 Å². The van der Waals surface area contributed by atoms with Gasteiger partial charge in [-0.1, -0.05) is 37.3 Å². The van der Waals surface area contributed by atoms with Gasteiger partial charge in [0.2, 0.25) is 0 Å². The molecule has 4 heteroatoms. The highest BCUT2D eigenvalue weighted by molar-refractivity contribution is 5.13. The van der Waals surface area contributed by atoms with Crippen molar-refractivity contribution in [1.29, 1.82) is 0 Å². The van der Waals surface area contributed by atoms with E-state index in [-0.39, 0.29) is 6.10 Å². The minimum atomic E-state index is -0.227. The van der Waals surface area contributed by atoms with E-state index in [4.69, 9.17) is 4.74 Å². The molecule has 0 bridgehead atoms. The molecule has 0 aliphatic carbocycles. The fourth-order valence-electron chi connectivity index (χ4n) is 3.95. The molecule has 0 radical (unpaired) electrons. The lowest BCUT2D eigenvalue weighted by molar-refractivity contribution is -0.0143. The Balaban J connectivity index is 1.30. The van der Waals surface area contributed by atoms with Crippen LogP contribution >= 0.6 is 0 Å². The number of aliphatic hydroxyl groups excluding tert-OH is 1. The van der Waals surface area contributed by atoms with Gasteiger partial charge in [0.1, 0.15) is 0 Å². The van der Waals surface area contributed by atoms with Crippen molar-refractivity contribution in [3.8, 4) is 0 Å². The van der Waals surface area contributed by atoms with E-state index in [0.29, 0.717) is 12.7 Å². The Morgan fingerprint density at radius 1 is 0.960 bits per heavy atom. The van der Waals surface area contributed by atoms with Gasteiger partial charge >= 0.3 is 0 Å². The molecule has 1 atom stereocenters. The quantitative estimate of drug-likeness (QED) is 0.824. The van der Waals surface area contributed by atoms with Crippen molar-refractivity contribution >= 4 is 0 Å². The standard InChI is InChI=1S/C21H34N2O2/c1-18-7-11-22(12-8-18)15-20(24)16-23-13-9-21(10-14-23)25-17-19-5-3-2-4-6-19/h2-6,18,20-21,24H,7-17H2,1H3. The molecule has 4 nitrogen and oxygen atoms in total. The maximum Gasteiger partial charge on any atom is 0.0793 e. The van der Waals surface area contributed by atoms with Crippen LogP contribution in [0.25, 0.3) is 0 Å². The molecule has 3 rings (SSSR count). The number of β-amino-alcohol motifs (C(OH)–C–C–N with tert-alkyl or cyclic N) is 1. The summed E-state index contributed by atoms with van der Waals surface area (Å²) in [5, 5.41) is 10.4. The van der Waals surface area contributed by atoms with Crippen LogP contribution in [0.5, 0.6) is 0 Å². The van der Waals surface area contributed by atoms with Gasteiger partial charge in [-0.15, -0.1) is 0 Å². The van der Waals surface area contributed by atoms with Crippen LogP contribution in [0.15, 0.2) is 30.3 Å². The first-order valence-corrected chi connectivity index (χ1v) is 9.97. The summed E-state index contributed by atoms with van der Waals surface area (Å²) in [6.07, 6.45) is 4.82. The van der Waals surface area contributed by atoms with Crippen molar-refractivity contribution < 1.29 is 9.84 Å². The summed E-state index contributed by atoms with van der Waals surface area (Å²) in [4.78, 5) is 4.83. The third kappa shape index (κ3) is 6.37. The van der Waals surface area contributed by atoms with Gasteiger partial charge in [0.15, 0.2) is 0 Å². The van der Waals surface area contributed by atoms with E-state index in [1.165, 1.54) is 18.4 Å². The van der Waals surface area contributed by atoms with Crippen LogP contribution in [0.1, 0.15) is 38.2 Å². The van der Waals surface area contributed by atoms with Crippen molar-refractivity contribution in [3.63, 3.8) is 0 Å². The van der Waals surface area contributed by atoms with Crippen LogP contribution in [-0.2, 0) is 11.3 Å². The van der Waals surface area contributed by atoms with Crippen LogP contribution in [0.2, 0.25) is 0 Å². The number of nitrogens with zero attached hydrogens (tertiary/aromatic N) is 2. The van der Waals surface area contributed by atoms with Gasteiger partial charge < -0.3 is 19.6 Å². The molecular formula is C21H34N2O2. The first-order chi connectivity index (χ1) is 12.2. The zero-order valence-corrected chi connectivity index (χ0v) is 15.6. The number of benzene rings is 1. The number of ether oxygens (including phenoxy) is 1. The second-order valence-electron chi connectivity index (χ2n) is 7.93. The molecule has 25 heavy (non-hydrogen) atoms. The second-order valence-corrected chi connectivity index (χ2v) is 7.93. The zero-order chi connectivity index (χ0) is 17.5. The lowest BCUT2D eigenvalue weighted by Gasteiger charge is -2.35. The van der Waals surface area contributed by atoms with E-state index in [0.717, 1.165) is 58.0 Å². The largest absolute Gasteiger partial charge is 0.390 e. The third-order valence-corrected chi connectivity index (χ3v) is 5.68. The molecule has 1 aromatic carbocycles. The minimum absolute atomic E-state index is 0.227. The molecule has 2 saturated heterocycles. The van der Waals surface area contributed by atoms with Gasteiger partial charge in [-0.3, -0.25) is 0 Å². The number of rotatable bonds is 7. The van der Waals surface area contributed by atoms with Gasteiger partial charge in [0.25, 0.3) is 0 Å². The number of aliphatic hydroxyl groups is 1. The SMILES string of the molecule is CC1CCN(CC(O)CN2CCC(OCc3ccccc3)CC2)CC1. The topological polar surface area (TPSA) is 35.9 Å². The molecule has 1 unspecified atom stereocenters. The van der Waals surface area contributed by atoms with Crippen molar-refractivity contribution in [3.05, 3.63) is 35.9 Å². The maximum absolute atomic E-state index is 10.4. The van der Waals surface area contributed by atoms with Crippen molar-refractivity contribution in [2.45, 2.75) is 51.4 Å².